The average Bonchev–Trinajstić information content (AvgIpc) is 3.34. The highest BCUT2D eigenvalue weighted by Crippen LogP contribution is 2.31. The zero-order chi connectivity index (χ0) is 20.4. The first-order valence-electron chi connectivity index (χ1n) is 8.88. The van der Waals surface area contributed by atoms with Gasteiger partial charge in [-0.3, -0.25) is 0 Å². The van der Waals surface area contributed by atoms with Gasteiger partial charge in [-0.05, 0) is 41.1 Å². The predicted octanol–water partition coefficient (Wildman–Crippen LogP) is 2.99. The van der Waals surface area contributed by atoms with E-state index in [0.29, 0.717) is 11.4 Å². The monoisotopic (exact) mass is 409 g/mol. The Morgan fingerprint density at radius 3 is 2.69 bits per heavy atom. The molecule has 0 aliphatic rings. The van der Waals surface area contributed by atoms with E-state index in [2.05, 4.69) is 15.4 Å². The second-order valence-corrected chi connectivity index (χ2v) is 7.28. The lowest BCUT2D eigenvalue weighted by Gasteiger charge is -2.12. The predicted molar refractivity (Wildman–Crippen MR) is 110 cm³/mol. The minimum absolute atomic E-state index is 0.271. The van der Waals surface area contributed by atoms with Gasteiger partial charge in [-0.1, -0.05) is 24.3 Å². The topological polar surface area (TPSA) is 84.1 Å². The second kappa shape index (κ2) is 7.88. The van der Waals surface area contributed by atoms with E-state index in [1.54, 1.807) is 20.2 Å². The number of aryl methyl sites for hydroxylation is 2. The molecule has 9 heteroatoms. The van der Waals surface area contributed by atoms with E-state index in [9.17, 15) is 4.79 Å². The van der Waals surface area contributed by atoms with Crippen LogP contribution in [0.2, 0.25) is 0 Å². The van der Waals surface area contributed by atoms with Gasteiger partial charge >= 0.3 is 5.69 Å². The summed E-state index contributed by atoms with van der Waals surface area (Å²) in [6.45, 7) is 2.19. The van der Waals surface area contributed by atoms with E-state index in [1.807, 2.05) is 48.7 Å². The highest BCUT2D eigenvalue weighted by atomic mass is 32.1. The van der Waals surface area contributed by atoms with Crippen molar-refractivity contribution in [2.24, 2.45) is 7.05 Å². The molecule has 0 radical (unpaired) electrons. The molecule has 148 valence electrons. The summed E-state index contributed by atoms with van der Waals surface area (Å²) in [4.78, 5) is 16.9. The molecule has 0 bridgehead atoms. The summed E-state index contributed by atoms with van der Waals surface area (Å²) in [5.74, 6) is 1.35. The Balaban J connectivity index is 1.60. The van der Waals surface area contributed by atoms with Crippen molar-refractivity contribution in [3.63, 3.8) is 0 Å². The van der Waals surface area contributed by atoms with Crippen LogP contribution in [0.1, 0.15) is 10.6 Å². The molecular formula is C20H19N5O3S. The number of benzene rings is 2. The fourth-order valence-electron chi connectivity index (χ4n) is 2.95. The number of rotatable bonds is 6. The van der Waals surface area contributed by atoms with Gasteiger partial charge in [-0.25, -0.2) is 9.78 Å². The number of ether oxygens (including phenoxy) is 2. The molecule has 0 saturated carbocycles. The van der Waals surface area contributed by atoms with Gasteiger partial charge in [0.1, 0.15) is 28.8 Å². The van der Waals surface area contributed by atoms with Crippen molar-refractivity contribution >= 4 is 11.3 Å². The van der Waals surface area contributed by atoms with Crippen LogP contribution < -0.4 is 15.2 Å². The van der Waals surface area contributed by atoms with Crippen LogP contribution >= 0.6 is 11.3 Å². The third kappa shape index (κ3) is 3.64. The van der Waals surface area contributed by atoms with Crippen molar-refractivity contribution in [1.29, 1.82) is 0 Å². The first-order valence-corrected chi connectivity index (χ1v) is 9.76. The van der Waals surface area contributed by atoms with E-state index < -0.39 is 0 Å². The molecule has 0 spiro atoms. The first kappa shape index (κ1) is 18.9. The standard InChI is InChI=1S/C20H19N5O3S/c1-13-7-6-9-16(25-20(26)24(2)22-23-25)19(13)28-11-18-21-15(12-29-18)14-8-4-5-10-17(14)27-3/h4-10,12H,11H2,1-3H3. The maximum atomic E-state index is 12.3. The lowest BCUT2D eigenvalue weighted by molar-refractivity contribution is 0.301. The maximum Gasteiger partial charge on any atom is 0.368 e. The molecule has 2 aromatic heterocycles. The summed E-state index contributed by atoms with van der Waals surface area (Å²) in [7, 11) is 3.19. The van der Waals surface area contributed by atoms with E-state index in [0.717, 1.165) is 27.6 Å². The quantitative estimate of drug-likeness (QED) is 0.487. The molecule has 0 aliphatic heterocycles. The summed E-state index contributed by atoms with van der Waals surface area (Å²) >= 11 is 1.51. The third-order valence-electron chi connectivity index (χ3n) is 4.42. The van der Waals surface area contributed by atoms with E-state index in [1.165, 1.54) is 20.7 Å². The van der Waals surface area contributed by atoms with Crippen LogP contribution in [0.25, 0.3) is 16.9 Å². The summed E-state index contributed by atoms with van der Waals surface area (Å²) in [5, 5.41) is 10.5. The molecule has 4 rings (SSSR count). The van der Waals surface area contributed by atoms with Crippen LogP contribution in [-0.4, -0.2) is 31.9 Å². The van der Waals surface area contributed by atoms with Crippen LogP contribution in [0.3, 0.4) is 0 Å². The second-order valence-electron chi connectivity index (χ2n) is 6.34. The molecule has 0 fully saturated rings. The van der Waals surface area contributed by atoms with Gasteiger partial charge in [0, 0.05) is 18.0 Å². The fraction of sp³-hybridized carbons (Fsp3) is 0.200. The number of hydrogen-bond acceptors (Lipinski definition) is 7. The van der Waals surface area contributed by atoms with Gasteiger partial charge in [0.15, 0.2) is 0 Å². The number of nitrogens with zero attached hydrogens (tertiary/aromatic N) is 5. The Morgan fingerprint density at radius 1 is 1.10 bits per heavy atom. The molecule has 0 unspecified atom stereocenters. The Labute approximate surface area is 171 Å². The van der Waals surface area contributed by atoms with Crippen molar-refractivity contribution in [3.8, 4) is 28.4 Å². The SMILES string of the molecule is COc1ccccc1-c1csc(COc2c(C)cccc2-n2nnn(C)c2=O)n1. The normalized spacial score (nSPS) is 10.9. The molecule has 0 aliphatic carbocycles. The van der Waals surface area contributed by atoms with E-state index in [-0.39, 0.29) is 12.3 Å². The van der Waals surface area contributed by atoms with Crippen molar-refractivity contribution in [2.75, 3.05) is 7.11 Å². The third-order valence-corrected chi connectivity index (χ3v) is 5.24. The Kier molecular flexibility index (Phi) is 5.13. The highest BCUT2D eigenvalue weighted by molar-refractivity contribution is 7.09. The van der Waals surface area contributed by atoms with Gasteiger partial charge in [0.25, 0.3) is 0 Å². The van der Waals surface area contributed by atoms with Gasteiger partial charge in [-0.15, -0.1) is 11.3 Å². The molecule has 0 amide bonds. The number of methoxy groups -OCH3 is 1. The summed E-state index contributed by atoms with van der Waals surface area (Å²) in [5.41, 5.74) is 2.86. The Morgan fingerprint density at radius 2 is 1.93 bits per heavy atom. The number of tetrazole rings is 1. The van der Waals surface area contributed by atoms with Crippen molar-refractivity contribution < 1.29 is 9.47 Å². The van der Waals surface area contributed by atoms with Crippen LogP contribution in [-0.2, 0) is 13.7 Å². The number of para-hydroxylation sites is 2. The molecule has 0 N–H and O–H groups in total. The fourth-order valence-corrected chi connectivity index (χ4v) is 3.65. The minimum Gasteiger partial charge on any atom is -0.496 e. The van der Waals surface area contributed by atoms with Crippen LogP contribution in [0.5, 0.6) is 11.5 Å². The van der Waals surface area contributed by atoms with Crippen molar-refractivity contribution in [3.05, 3.63) is 68.9 Å². The number of aromatic nitrogens is 5. The Hall–Kier alpha value is -3.46. The molecule has 0 saturated heterocycles. The largest absolute Gasteiger partial charge is 0.496 e. The zero-order valence-corrected chi connectivity index (χ0v) is 17.0. The maximum absolute atomic E-state index is 12.3. The smallest absolute Gasteiger partial charge is 0.368 e. The average molecular weight is 409 g/mol. The van der Waals surface area contributed by atoms with Gasteiger partial charge < -0.3 is 9.47 Å². The van der Waals surface area contributed by atoms with Crippen LogP contribution in [0.15, 0.2) is 52.6 Å². The minimum atomic E-state index is -0.340. The van der Waals surface area contributed by atoms with Crippen LogP contribution in [0.4, 0.5) is 0 Å². The molecule has 29 heavy (non-hydrogen) atoms. The lowest BCUT2D eigenvalue weighted by atomic mass is 10.1. The molecule has 0 atom stereocenters. The highest BCUT2D eigenvalue weighted by Gasteiger charge is 2.15. The summed E-state index contributed by atoms with van der Waals surface area (Å²) in [6, 6.07) is 13.3. The first-order chi connectivity index (χ1) is 14.1. The van der Waals surface area contributed by atoms with Gasteiger partial charge in [-0.2, -0.15) is 9.36 Å². The molecule has 2 aromatic carbocycles. The number of thiazole rings is 1. The van der Waals surface area contributed by atoms with Crippen LogP contribution in [0, 0.1) is 6.92 Å². The molecule has 2 heterocycles. The summed E-state index contributed by atoms with van der Waals surface area (Å²) in [6.07, 6.45) is 0. The van der Waals surface area contributed by atoms with Crippen molar-refractivity contribution in [2.45, 2.75) is 13.5 Å². The molecule has 4 aromatic rings. The van der Waals surface area contributed by atoms with Crippen molar-refractivity contribution in [1.82, 2.24) is 24.8 Å². The molecule has 8 nitrogen and oxygen atoms in total. The summed E-state index contributed by atoms with van der Waals surface area (Å²) < 4.78 is 13.9. The Bertz CT molecular complexity index is 1210. The molecular weight excluding hydrogens is 390 g/mol. The van der Waals surface area contributed by atoms with E-state index >= 15 is 0 Å². The lowest BCUT2D eigenvalue weighted by Crippen LogP contribution is -2.22. The van der Waals surface area contributed by atoms with E-state index in [4.69, 9.17) is 9.47 Å². The van der Waals surface area contributed by atoms with Gasteiger partial charge in [0.05, 0.1) is 12.8 Å². The van der Waals surface area contributed by atoms with Gasteiger partial charge in [0.2, 0.25) is 0 Å². The number of hydrogen-bond donors (Lipinski definition) is 0. The zero-order valence-electron chi connectivity index (χ0n) is 16.2.